The molecule has 32 heavy (non-hydrogen) atoms. The number of hydrogen-bond donors (Lipinski definition) is 1. The van der Waals surface area contributed by atoms with Crippen LogP contribution in [0.25, 0.3) is 11.0 Å². The molecule has 0 radical (unpaired) electrons. The summed E-state index contributed by atoms with van der Waals surface area (Å²) < 4.78 is 19.1. The number of halogens is 2. The lowest BCUT2D eigenvalue weighted by Gasteiger charge is -2.25. The second kappa shape index (κ2) is 7.62. The van der Waals surface area contributed by atoms with Crippen molar-refractivity contribution in [1.82, 2.24) is 4.98 Å². The Morgan fingerprint density at radius 1 is 1.09 bits per heavy atom. The van der Waals surface area contributed by atoms with Crippen LogP contribution < -0.4 is 4.90 Å². The van der Waals surface area contributed by atoms with Gasteiger partial charge in [-0.2, -0.15) is 0 Å². The lowest BCUT2D eigenvalue weighted by Crippen LogP contribution is -2.31. The number of ketones is 1. The number of rotatable bonds is 4. The number of fused-ring (bicyclic) bond motifs is 1. The van der Waals surface area contributed by atoms with Crippen LogP contribution in [-0.2, 0) is 4.79 Å². The fraction of sp³-hybridized carbons (Fsp3) is 0.0417. The summed E-state index contributed by atoms with van der Waals surface area (Å²) in [6.07, 6.45) is 1.52. The number of Topliss-reactive ketones (excluding diaryl/α,β-unsaturated/α-hetero) is 1. The standard InChI is InChI=1S/C24H14ClFN2O4/c25-14-4-9-18-13(11-14)12-19(32-18)22(29)20-21(17-3-1-2-10-27-17)28(24(31)23(20)30)16-7-5-15(26)6-8-16/h1-12,21,30H. The number of pyridine rings is 1. The lowest BCUT2D eigenvalue weighted by atomic mass is 9.98. The number of aromatic nitrogens is 1. The van der Waals surface area contributed by atoms with Gasteiger partial charge < -0.3 is 9.52 Å². The average Bonchev–Trinajstić information content (AvgIpc) is 3.33. The molecular weight excluding hydrogens is 435 g/mol. The van der Waals surface area contributed by atoms with Crippen LogP contribution in [0.4, 0.5) is 10.1 Å². The van der Waals surface area contributed by atoms with E-state index in [1.807, 2.05) is 0 Å². The van der Waals surface area contributed by atoms with Crippen LogP contribution in [0.3, 0.4) is 0 Å². The van der Waals surface area contributed by atoms with Crippen LogP contribution in [0.2, 0.25) is 5.02 Å². The predicted molar refractivity (Wildman–Crippen MR) is 116 cm³/mol. The van der Waals surface area contributed by atoms with Gasteiger partial charge in [-0.05, 0) is 60.7 Å². The number of carbonyl (C=O) groups excluding carboxylic acids is 2. The summed E-state index contributed by atoms with van der Waals surface area (Å²) in [4.78, 5) is 32.0. The molecule has 1 unspecified atom stereocenters. The Kier molecular flexibility index (Phi) is 4.75. The van der Waals surface area contributed by atoms with Crippen molar-refractivity contribution in [3.8, 4) is 0 Å². The molecule has 0 saturated heterocycles. The second-order valence-electron chi connectivity index (χ2n) is 7.19. The van der Waals surface area contributed by atoms with Crippen molar-refractivity contribution in [3.05, 3.63) is 107 Å². The van der Waals surface area contributed by atoms with E-state index in [9.17, 15) is 19.1 Å². The zero-order chi connectivity index (χ0) is 22.4. The van der Waals surface area contributed by atoms with E-state index in [0.29, 0.717) is 27.4 Å². The van der Waals surface area contributed by atoms with Crippen LogP contribution in [0.5, 0.6) is 0 Å². The highest BCUT2D eigenvalue weighted by Gasteiger charge is 2.46. The van der Waals surface area contributed by atoms with Crippen molar-refractivity contribution < 1.29 is 23.5 Å². The number of carbonyl (C=O) groups is 2. The molecule has 1 aliphatic rings. The maximum atomic E-state index is 13.5. The molecule has 1 N–H and O–H groups in total. The molecule has 0 spiro atoms. The number of aliphatic hydroxyl groups excluding tert-OH is 1. The molecule has 1 aliphatic heterocycles. The number of hydrogen-bond acceptors (Lipinski definition) is 5. The minimum absolute atomic E-state index is 0.0569. The van der Waals surface area contributed by atoms with Crippen LogP contribution >= 0.6 is 11.6 Å². The number of benzene rings is 2. The van der Waals surface area contributed by atoms with E-state index in [2.05, 4.69) is 4.98 Å². The first-order chi connectivity index (χ1) is 15.4. The summed E-state index contributed by atoms with van der Waals surface area (Å²) in [5.74, 6) is -2.71. The third kappa shape index (κ3) is 3.23. The highest BCUT2D eigenvalue weighted by atomic mass is 35.5. The first-order valence-electron chi connectivity index (χ1n) is 9.61. The van der Waals surface area contributed by atoms with E-state index in [-0.39, 0.29) is 11.3 Å². The molecule has 5 rings (SSSR count). The van der Waals surface area contributed by atoms with Gasteiger partial charge in [-0.3, -0.25) is 19.5 Å². The van der Waals surface area contributed by atoms with Gasteiger partial charge in [0, 0.05) is 22.3 Å². The number of furan rings is 1. The van der Waals surface area contributed by atoms with E-state index < -0.39 is 29.3 Å². The van der Waals surface area contributed by atoms with Crippen LogP contribution in [0.1, 0.15) is 22.3 Å². The Hall–Kier alpha value is -3.97. The Morgan fingerprint density at radius 2 is 1.88 bits per heavy atom. The van der Waals surface area contributed by atoms with Crippen molar-refractivity contribution in [2.75, 3.05) is 4.90 Å². The molecule has 2 aromatic heterocycles. The van der Waals surface area contributed by atoms with Crippen molar-refractivity contribution >= 4 is 39.9 Å². The lowest BCUT2D eigenvalue weighted by molar-refractivity contribution is -0.117. The highest BCUT2D eigenvalue weighted by Crippen LogP contribution is 2.41. The summed E-state index contributed by atoms with van der Waals surface area (Å²) >= 11 is 6.02. The predicted octanol–water partition coefficient (Wildman–Crippen LogP) is 5.40. The Balaban J connectivity index is 1.65. The molecule has 1 amide bonds. The quantitative estimate of drug-likeness (QED) is 0.422. The normalized spacial score (nSPS) is 16.2. The minimum Gasteiger partial charge on any atom is -0.503 e. The van der Waals surface area contributed by atoms with E-state index in [1.165, 1.54) is 41.4 Å². The minimum atomic E-state index is -1.03. The number of anilines is 1. The Labute approximate surface area is 186 Å². The number of amides is 1. The zero-order valence-corrected chi connectivity index (χ0v) is 17.1. The maximum Gasteiger partial charge on any atom is 0.294 e. The third-order valence-electron chi connectivity index (χ3n) is 5.23. The average molecular weight is 449 g/mol. The van der Waals surface area contributed by atoms with Crippen LogP contribution in [0, 0.1) is 5.82 Å². The molecule has 2 aromatic carbocycles. The molecule has 0 fully saturated rings. The fourth-order valence-corrected chi connectivity index (χ4v) is 3.96. The second-order valence-corrected chi connectivity index (χ2v) is 7.63. The molecule has 0 saturated carbocycles. The maximum absolute atomic E-state index is 13.5. The van der Waals surface area contributed by atoms with Gasteiger partial charge >= 0.3 is 0 Å². The van der Waals surface area contributed by atoms with E-state index in [4.69, 9.17) is 16.0 Å². The van der Waals surface area contributed by atoms with E-state index >= 15 is 0 Å². The van der Waals surface area contributed by atoms with Gasteiger partial charge in [0.2, 0.25) is 5.78 Å². The molecular formula is C24H14ClFN2O4. The van der Waals surface area contributed by atoms with Crippen molar-refractivity contribution in [2.45, 2.75) is 6.04 Å². The summed E-state index contributed by atoms with van der Waals surface area (Å²) in [5, 5.41) is 11.8. The monoisotopic (exact) mass is 448 g/mol. The van der Waals surface area contributed by atoms with Crippen LogP contribution in [0.15, 0.2) is 88.7 Å². The Bertz CT molecular complexity index is 1400. The van der Waals surface area contributed by atoms with Crippen molar-refractivity contribution in [3.63, 3.8) is 0 Å². The largest absolute Gasteiger partial charge is 0.503 e. The Morgan fingerprint density at radius 3 is 2.59 bits per heavy atom. The molecule has 0 aliphatic carbocycles. The van der Waals surface area contributed by atoms with Gasteiger partial charge in [-0.25, -0.2) is 4.39 Å². The van der Waals surface area contributed by atoms with E-state index in [1.54, 1.807) is 36.4 Å². The number of nitrogens with zero attached hydrogens (tertiary/aromatic N) is 2. The molecule has 8 heteroatoms. The fourth-order valence-electron chi connectivity index (χ4n) is 3.78. The number of aliphatic hydroxyl groups is 1. The van der Waals surface area contributed by atoms with Gasteiger partial charge in [0.05, 0.1) is 11.3 Å². The highest BCUT2D eigenvalue weighted by molar-refractivity contribution is 6.31. The summed E-state index contributed by atoms with van der Waals surface area (Å²) in [6.45, 7) is 0. The molecule has 3 heterocycles. The zero-order valence-electron chi connectivity index (χ0n) is 16.3. The molecule has 4 aromatic rings. The SMILES string of the molecule is O=C(C1=C(O)C(=O)N(c2ccc(F)cc2)C1c1ccccn1)c1cc2cc(Cl)ccc2o1. The third-order valence-corrected chi connectivity index (χ3v) is 5.46. The topological polar surface area (TPSA) is 83.6 Å². The summed E-state index contributed by atoms with van der Waals surface area (Å²) in [7, 11) is 0. The smallest absolute Gasteiger partial charge is 0.294 e. The van der Waals surface area contributed by atoms with Crippen molar-refractivity contribution in [2.24, 2.45) is 0 Å². The van der Waals surface area contributed by atoms with Crippen LogP contribution in [-0.4, -0.2) is 21.8 Å². The molecule has 6 nitrogen and oxygen atoms in total. The molecule has 158 valence electrons. The van der Waals surface area contributed by atoms with Gasteiger partial charge in [-0.15, -0.1) is 0 Å². The van der Waals surface area contributed by atoms with Gasteiger partial charge in [0.15, 0.2) is 11.5 Å². The first kappa shape index (κ1) is 20.0. The van der Waals surface area contributed by atoms with Crippen molar-refractivity contribution in [1.29, 1.82) is 0 Å². The van der Waals surface area contributed by atoms with Gasteiger partial charge in [0.1, 0.15) is 17.4 Å². The van der Waals surface area contributed by atoms with Gasteiger partial charge in [0.25, 0.3) is 5.91 Å². The van der Waals surface area contributed by atoms with Gasteiger partial charge in [-0.1, -0.05) is 17.7 Å². The summed E-state index contributed by atoms with van der Waals surface area (Å²) in [6, 6.07) is 15.6. The molecule has 1 atom stereocenters. The summed E-state index contributed by atoms with van der Waals surface area (Å²) in [5.41, 5.74) is 0.921. The first-order valence-corrected chi connectivity index (χ1v) is 9.99. The molecule has 0 bridgehead atoms. The van der Waals surface area contributed by atoms with E-state index in [0.717, 1.165) is 0 Å².